The molecule has 0 unspecified atom stereocenters. The quantitative estimate of drug-likeness (QED) is 0.604. The van der Waals surface area contributed by atoms with Crippen LogP contribution in [-0.2, 0) is 4.74 Å². The van der Waals surface area contributed by atoms with E-state index in [0.717, 1.165) is 24.8 Å². The molecule has 0 heterocycles. The number of benzene rings is 1. The average molecular weight is 259 g/mol. The van der Waals surface area contributed by atoms with Crippen molar-refractivity contribution >= 4 is 5.84 Å². The second-order valence-corrected chi connectivity index (χ2v) is 4.43. The Bertz CT molecular complexity index is 463. The Morgan fingerprint density at radius 2 is 2.32 bits per heavy atom. The van der Waals surface area contributed by atoms with E-state index in [4.69, 9.17) is 15.7 Å². The van der Waals surface area contributed by atoms with E-state index in [1.165, 1.54) is 0 Å². The largest absolute Gasteiger partial charge is 0.387 e. The van der Waals surface area contributed by atoms with E-state index in [2.05, 4.69) is 18.0 Å². The lowest BCUT2D eigenvalue weighted by Gasteiger charge is -2.13. The molecule has 0 aliphatic heterocycles. The Kier molecular flexibility index (Phi) is 6.62. The van der Waals surface area contributed by atoms with Crippen LogP contribution >= 0.6 is 0 Å². The molecule has 1 aromatic rings. The summed E-state index contributed by atoms with van der Waals surface area (Å²) in [4.78, 5) is 4.51. The van der Waals surface area contributed by atoms with Crippen LogP contribution < -0.4 is 5.73 Å². The third-order valence-electron chi connectivity index (χ3n) is 2.83. The summed E-state index contributed by atoms with van der Waals surface area (Å²) in [5, 5.41) is 8.93. The topological polar surface area (TPSA) is 71.4 Å². The summed E-state index contributed by atoms with van der Waals surface area (Å²) in [6.45, 7) is 2.58. The van der Waals surface area contributed by atoms with Crippen molar-refractivity contribution in [3.8, 4) is 6.07 Å². The second kappa shape index (κ2) is 8.28. The molecule has 4 nitrogen and oxygen atoms in total. The van der Waals surface area contributed by atoms with Crippen molar-refractivity contribution in [2.75, 3.05) is 13.7 Å². The lowest BCUT2D eigenvalue weighted by molar-refractivity contribution is 0.181. The van der Waals surface area contributed by atoms with Gasteiger partial charge < -0.3 is 10.5 Å². The van der Waals surface area contributed by atoms with Gasteiger partial charge in [0.2, 0.25) is 0 Å². The van der Waals surface area contributed by atoms with Gasteiger partial charge >= 0.3 is 0 Å². The smallest absolute Gasteiger partial charge is 0.100 e. The van der Waals surface area contributed by atoms with Crippen LogP contribution in [0.4, 0.5) is 0 Å². The summed E-state index contributed by atoms with van der Waals surface area (Å²) in [5.74, 6) is 0.645. The molecule has 0 saturated heterocycles. The molecule has 19 heavy (non-hydrogen) atoms. The van der Waals surface area contributed by atoms with E-state index >= 15 is 0 Å². The van der Waals surface area contributed by atoms with Crippen LogP contribution in [0, 0.1) is 11.3 Å². The molecule has 0 bridgehead atoms. The van der Waals surface area contributed by atoms with Crippen molar-refractivity contribution in [1.29, 1.82) is 5.26 Å². The lowest BCUT2D eigenvalue weighted by atomic mass is 10.1. The summed E-state index contributed by atoms with van der Waals surface area (Å²) < 4.78 is 5.19. The van der Waals surface area contributed by atoms with Gasteiger partial charge in [-0.05, 0) is 24.1 Å². The van der Waals surface area contributed by atoms with Crippen molar-refractivity contribution in [1.82, 2.24) is 0 Å². The predicted octanol–water partition coefficient (Wildman–Crippen LogP) is 2.79. The molecule has 1 rings (SSSR count). The van der Waals surface area contributed by atoms with Crippen LogP contribution in [0.25, 0.3) is 0 Å². The number of hydrogen-bond donors (Lipinski definition) is 1. The fourth-order valence-electron chi connectivity index (χ4n) is 1.80. The maximum atomic E-state index is 8.93. The summed E-state index contributed by atoms with van der Waals surface area (Å²) >= 11 is 0. The van der Waals surface area contributed by atoms with E-state index < -0.39 is 0 Å². The van der Waals surface area contributed by atoms with Gasteiger partial charge in [0.05, 0.1) is 24.1 Å². The Balaban J connectivity index is 2.90. The zero-order valence-electron chi connectivity index (χ0n) is 11.6. The molecule has 0 aromatic heterocycles. The fourth-order valence-corrected chi connectivity index (χ4v) is 1.80. The first-order valence-electron chi connectivity index (χ1n) is 6.52. The third-order valence-corrected chi connectivity index (χ3v) is 2.83. The normalized spacial score (nSPS) is 13.0. The van der Waals surface area contributed by atoms with Crippen LogP contribution in [0.3, 0.4) is 0 Å². The van der Waals surface area contributed by atoms with E-state index in [9.17, 15) is 0 Å². The highest BCUT2D eigenvalue weighted by Crippen LogP contribution is 2.19. The third kappa shape index (κ3) is 5.11. The van der Waals surface area contributed by atoms with Crippen molar-refractivity contribution in [2.45, 2.75) is 32.2 Å². The second-order valence-electron chi connectivity index (χ2n) is 4.43. The van der Waals surface area contributed by atoms with Gasteiger partial charge in [0.1, 0.15) is 6.04 Å². The first-order valence-corrected chi connectivity index (χ1v) is 6.52. The Labute approximate surface area is 114 Å². The van der Waals surface area contributed by atoms with Gasteiger partial charge in [-0.15, -0.1) is 0 Å². The molecule has 0 saturated carbocycles. The predicted molar refractivity (Wildman–Crippen MR) is 76.9 cm³/mol. The molecule has 0 radical (unpaired) electrons. The van der Waals surface area contributed by atoms with Crippen molar-refractivity contribution in [3.05, 3.63) is 35.4 Å². The standard InChI is InChI=1S/C15H21N3O/c1-3-4-8-15(17)18-14(11-19-2)13-7-5-6-12(9-13)10-16/h5-7,9,14H,3-4,8,11H2,1-2H3,(H2,17,18)/t14-/m0/s1. The highest BCUT2D eigenvalue weighted by Gasteiger charge is 2.11. The molecule has 0 spiro atoms. The van der Waals surface area contributed by atoms with E-state index in [1.807, 2.05) is 18.2 Å². The molecule has 0 amide bonds. The first kappa shape index (κ1) is 15.2. The van der Waals surface area contributed by atoms with E-state index in [0.29, 0.717) is 18.0 Å². The molecule has 0 aliphatic carbocycles. The van der Waals surface area contributed by atoms with Gasteiger partial charge in [0.15, 0.2) is 0 Å². The van der Waals surface area contributed by atoms with Gasteiger partial charge in [0.25, 0.3) is 0 Å². The molecule has 0 fully saturated rings. The zero-order valence-corrected chi connectivity index (χ0v) is 11.6. The number of ether oxygens (including phenoxy) is 1. The van der Waals surface area contributed by atoms with Crippen molar-refractivity contribution in [2.24, 2.45) is 10.7 Å². The first-order chi connectivity index (χ1) is 9.21. The van der Waals surface area contributed by atoms with Gasteiger partial charge in [-0.1, -0.05) is 25.5 Å². The number of rotatable bonds is 7. The molecule has 1 aromatic carbocycles. The monoisotopic (exact) mass is 259 g/mol. The molecule has 2 N–H and O–H groups in total. The highest BCUT2D eigenvalue weighted by atomic mass is 16.5. The van der Waals surface area contributed by atoms with Crippen molar-refractivity contribution < 1.29 is 4.74 Å². The molecular formula is C15H21N3O. The summed E-state index contributed by atoms with van der Waals surface area (Å²) in [5.41, 5.74) is 7.51. The van der Waals surface area contributed by atoms with Gasteiger partial charge in [-0.2, -0.15) is 5.26 Å². The summed E-state index contributed by atoms with van der Waals surface area (Å²) in [6, 6.07) is 9.40. The average Bonchev–Trinajstić information content (AvgIpc) is 2.44. The van der Waals surface area contributed by atoms with Crippen LogP contribution in [0.15, 0.2) is 29.3 Å². The van der Waals surface area contributed by atoms with Crippen LogP contribution in [0.1, 0.15) is 43.4 Å². The SMILES string of the molecule is CCCCC(N)=N[C@@H](COC)c1cccc(C#N)c1. The molecule has 0 aliphatic rings. The maximum Gasteiger partial charge on any atom is 0.100 e. The Hall–Kier alpha value is -1.86. The van der Waals surface area contributed by atoms with E-state index in [1.54, 1.807) is 13.2 Å². The van der Waals surface area contributed by atoms with Crippen LogP contribution in [-0.4, -0.2) is 19.6 Å². The minimum absolute atomic E-state index is 0.143. The number of amidine groups is 1. The fraction of sp³-hybridized carbons (Fsp3) is 0.467. The molecule has 1 atom stereocenters. The van der Waals surface area contributed by atoms with Gasteiger partial charge in [-0.3, -0.25) is 4.99 Å². The van der Waals surface area contributed by atoms with E-state index in [-0.39, 0.29) is 6.04 Å². The maximum absolute atomic E-state index is 8.93. The van der Waals surface area contributed by atoms with Crippen LogP contribution in [0.5, 0.6) is 0 Å². The number of unbranched alkanes of at least 4 members (excludes halogenated alkanes) is 1. The highest BCUT2D eigenvalue weighted by molar-refractivity contribution is 5.80. The zero-order chi connectivity index (χ0) is 14.1. The summed E-state index contributed by atoms with van der Waals surface area (Å²) in [7, 11) is 1.64. The Morgan fingerprint density at radius 3 is 2.95 bits per heavy atom. The van der Waals surface area contributed by atoms with Crippen LogP contribution in [0.2, 0.25) is 0 Å². The number of nitriles is 1. The number of aliphatic imine (C=N–C) groups is 1. The number of nitrogens with two attached hydrogens (primary N) is 1. The number of nitrogens with zero attached hydrogens (tertiary/aromatic N) is 2. The molecular weight excluding hydrogens is 238 g/mol. The van der Waals surface area contributed by atoms with Gasteiger partial charge in [-0.25, -0.2) is 0 Å². The number of methoxy groups -OCH3 is 1. The minimum Gasteiger partial charge on any atom is -0.387 e. The minimum atomic E-state index is -0.143. The van der Waals surface area contributed by atoms with Crippen molar-refractivity contribution in [3.63, 3.8) is 0 Å². The van der Waals surface area contributed by atoms with Gasteiger partial charge in [0, 0.05) is 13.5 Å². The lowest BCUT2D eigenvalue weighted by Crippen LogP contribution is -2.15. The molecule has 4 heteroatoms. The molecule has 102 valence electrons. The summed E-state index contributed by atoms with van der Waals surface area (Å²) in [6.07, 6.45) is 2.93. The number of hydrogen-bond acceptors (Lipinski definition) is 3. The Morgan fingerprint density at radius 1 is 1.53 bits per heavy atom.